The lowest BCUT2D eigenvalue weighted by molar-refractivity contribution is 0.318. The second kappa shape index (κ2) is 4.82. The Morgan fingerprint density at radius 3 is 2.81 bits per heavy atom. The smallest absolute Gasteiger partial charge is 0.137 e. The van der Waals surface area contributed by atoms with Crippen LogP contribution in [0.3, 0.4) is 0 Å². The number of halogens is 2. The number of benzene rings is 1. The average Bonchev–Trinajstić information content (AvgIpc) is 2.52. The molecule has 0 amide bonds. The standard InChI is InChI=1S/C12H16BrFN2/c1-8-5-16(7-12(8)15)6-9-2-3-11(14)10(13)4-9/h2-4,8,12H,5-7,15H2,1H3. The summed E-state index contributed by atoms with van der Waals surface area (Å²) in [6.45, 7) is 4.97. The van der Waals surface area contributed by atoms with Crippen LogP contribution in [0.4, 0.5) is 4.39 Å². The van der Waals surface area contributed by atoms with Crippen molar-refractivity contribution in [1.29, 1.82) is 0 Å². The van der Waals surface area contributed by atoms with E-state index in [2.05, 4.69) is 27.8 Å². The predicted molar refractivity (Wildman–Crippen MR) is 66.5 cm³/mol. The molecule has 2 nitrogen and oxygen atoms in total. The van der Waals surface area contributed by atoms with Gasteiger partial charge >= 0.3 is 0 Å². The fraction of sp³-hybridized carbons (Fsp3) is 0.500. The van der Waals surface area contributed by atoms with E-state index >= 15 is 0 Å². The van der Waals surface area contributed by atoms with Crippen LogP contribution < -0.4 is 5.73 Å². The maximum atomic E-state index is 13.1. The predicted octanol–water partition coefficient (Wildman–Crippen LogP) is 2.37. The largest absolute Gasteiger partial charge is 0.326 e. The van der Waals surface area contributed by atoms with Gasteiger partial charge in [-0.25, -0.2) is 4.39 Å². The SMILES string of the molecule is CC1CN(Cc2ccc(F)c(Br)c2)CC1N. The van der Waals surface area contributed by atoms with Crippen molar-refractivity contribution in [2.75, 3.05) is 13.1 Å². The molecule has 0 radical (unpaired) electrons. The van der Waals surface area contributed by atoms with E-state index in [0.717, 1.165) is 25.2 Å². The van der Waals surface area contributed by atoms with Gasteiger partial charge in [0.05, 0.1) is 4.47 Å². The lowest BCUT2D eigenvalue weighted by Crippen LogP contribution is -2.28. The molecule has 1 aliphatic rings. The maximum Gasteiger partial charge on any atom is 0.137 e. The molecule has 0 aromatic heterocycles. The first-order valence-corrected chi connectivity index (χ1v) is 6.27. The molecule has 1 aromatic rings. The Balaban J connectivity index is 2.02. The highest BCUT2D eigenvalue weighted by atomic mass is 79.9. The van der Waals surface area contributed by atoms with Crippen LogP contribution in [0.5, 0.6) is 0 Å². The van der Waals surface area contributed by atoms with E-state index in [1.54, 1.807) is 0 Å². The van der Waals surface area contributed by atoms with Gasteiger partial charge in [0.2, 0.25) is 0 Å². The van der Waals surface area contributed by atoms with E-state index in [9.17, 15) is 4.39 Å². The summed E-state index contributed by atoms with van der Waals surface area (Å²) in [5.74, 6) is 0.333. The summed E-state index contributed by atoms with van der Waals surface area (Å²) in [5.41, 5.74) is 7.09. The first kappa shape index (κ1) is 12.0. The molecule has 2 N–H and O–H groups in total. The summed E-state index contributed by atoms with van der Waals surface area (Å²) >= 11 is 3.20. The quantitative estimate of drug-likeness (QED) is 0.905. The monoisotopic (exact) mass is 286 g/mol. The van der Waals surface area contributed by atoms with Gasteiger partial charge in [-0.05, 0) is 39.5 Å². The molecular formula is C12H16BrFN2. The maximum absolute atomic E-state index is 13.1. The molecule has 2 unspecified atom stereocenters. The molecular weight excluding hydrogens is 271 g/mol. The summed E-state index contributed by atoms with van der Waals surface area (Å²) in [7, 11) is 0. The number of nitrogens with two attached hydrogens (primary N) is 1. The Hall–Kier alpha value is -0.450. The zero-order valence-electron chi connectivity index (χ0n) is 9.29. The molecule has 1 saturated heterocycles. The third-order valence-corrected chi connectivity index (χ3v) is 3.74. The number of rotatable bonds is 2. The van der Waals surface area contributed by atoms with E-state index < -0.39 is 0 Å². The second-order valence-electron chi connectivity index (χ2n) is 4.58. The lowest BCUT2D eigenvalue weighted by atomic mass is 10.1. The Labute approximate surface area is 104 Å². The van der Waals surface area contributed by atoms with Crippen molar-refractivity contribution >= 4 is 15.9 Å². The first-order chi connectivity index (χ1) is 7.56. The molecule has 1 fully saturated rings. The van der Waals surface area contributed by atoms with Crippen molar-refractivity contribution < 1.29 is 4.39 Å². The van der Waals surface area contributed by atoms with Gasteiger partial charge in [0.1, 0.15) is 5.82 Å². The van der Waals surface area contributed by atoms with Crippen molar-refractivity contribution in [3.8, 4) is 0 Å². The zero-order valence-corrected chi connectivity index (χ0v) is 10.9. The van der Waals surface area contributed by atoms with E-state index in [1.165, 1.54) is 6.07 Å². The Morgan fingerprint density at radius 2 is 2.25 bits per heavy atom. The molecule has 0 aliphatic carbocycles. The van der Waals surface area contributed by atoms with Crippen molar-refractivity contribution in [1.82, 2.24) is 4.90 Å². The Bertz CT molecular complexity index is 373. The van der Waals surface area contributed by atoms with Gasteiger partial charge in [0.25, 0.3) is 0 Å². The van der Waals surface area contributed by atoms with Gasteiger partial charge in [0, 0.05) is 25.7 Å². The van der Waals surface area contributed by atoms with E-state index in [4.69, 9.17) is 5.73 Å². The van der Waals surface area contributed by atoms with Crippen molar-refractivity contribution in [3.05, 3.63) is 34.1 Å². The van der Waals surface area contributed by atoms with Crippen LogP contribution in [0.1, 0.15) is 12.5 Å². The summed E-state index contributed by atoms with van der Waals surface area (Å²) < 4.78 is 13.6. The van der Waals surface area contributed by atoms with Crippen molar-refractivity contribution in [2.45, 2.75) is 19.5 Å². The molecule has 2 rings (SSSR count). The van der Waals surface area contributed by atoms with Crippen LogP contribution in [0.15, 0.2) is 22.7 Å². The molecule has 2 atom stereocenters. The molecule has 16 heavy (non-hydrogen) atoms. The summed E-state index contributed by atoms with van der Waals surface area (Å²) in [5, 5.41) is 0. The number of likely N-dealkylation sites (tertiary alicyclic amines) is 1. The minimum absolute atomic E-state index is 0.213. The van der Waals surface area contributed by atoms with E-state index in [1.807, 2.05) is 12.1 Å². The Kier molecular flexibility index (Phi) is 3.62. The van der Waals surface area contributed by atoms with Crippen molar-refractivity contribution in [2.24, 2.45) is 11.7 Å². The van der Waals surface area contributed by atoms with Crippen LogP contribution in [0, 0.1) is 11.7 Å². The van der Waals surface area contributed by atoms with Gasteiger partial charge in [-0.3, -0.25) is 4.90 Å². The van der Waals surface area contributed by atoms with Gasteiger partial charge in [-0.15, -0.1) is 0 Å². The van der Waals surface area contributed by atoms with Gasteiger partial charge in [-0.1, -0.05) is 13.0 Å². The molecule has 1 aromatic carbocycles. The third-order valence-electron chi connectivity index (χ3n) is 3.14. The molecule has 4 heteroatoms. The topological polar surface area (TPSA) is 29.3 Å². The highest BCUT2D eigenvalue weighted by molar-refractivity contribution is 9.10. The fourth-order valence-corrected chi connectivity index (χ4v) is 2.55. The molecule has 1 aliphatic heterocycles. The third kappa shape index (κ3) is 2.62. The second-order valence-corrected chi connectivity index (χ2v) is 5.44. The lowest BCUT2D eigenvalue weighted by Gasteiger charge is -2.15. The molecule has 0 spiro atoms. The average molecular weight is 287 g/mol. The molecule has 1 heterocycles. The Morgan fingerprint density at radius 1 is 1.50 bits per heavy atom. The zero-order chi connectivity index (χ0) is 11.7. The minimum Gasteiger partial charge on any atom is -0.326 e. The summed E-state index contributed by atoms with van der Waals surface area (Å²) in [6.07, 6.45) is 0. The van der Waals surface area contributed by atoms with Gasteiger partial charge in [-0.2, -0.15) is 0 Å². The number of nitrogens with zero attached hydrogens (tertiary/aromatic N) is 1. The molecule has 88 valence electrons. The van der Waals surface area contributed by atoms with E-state index in [0.29, 0.717) is 10.4 Å². The molecule has 0 saturated carbocycles. The van der Waals surface area contributed by atoms with Crippen LogP contribution in [-0.4, -0.2) is 24.0 Å². The first-order valence-electron chi connectivity index (χ1n) is 5.48. The molecule has 0 bridgehead atoms. The van der Waals surface area contributed by atoms with E-state index in [-0.39, 0.29) is 11.9 Å². The van der Waals surface area contributed by atoms with Crippen LogP contribution >= 0.6 is 15.9 Å². The number of hydrogen-bond acceptors (Lipinski definition) is 2. The van der Waals surface area contributed by atoms with Gasteiger partial charge < -0.3 is 5.73 Å². The van der Waals surface area contributed by atoms with Crippen molar-refractivity contribution in [3.63, 3.8) is 0 Å². The minimum atomic E-state index is -0.213. The summed E-state index contributed by atoms with van der Waals surface area (Å²) in [6, 6.07) is 5.43. The fourth-order valence-electron chi connectivity index (χ4n) is 2.12. The highest BCUT2D eigenvalue weighted by Crippen LogP contribution is 2.21. The summed E-state index contributed by atoms with van der Waals surface area (Å²) in [4.78, 5) is 2.31. The highest BCUT2D eigenvalue weighted by Gasteiger charge is 2.26. The van der Waals surface area contributed by atoms with Crippen LogP contribution in [0.25, 0.3) is 0 Å². The van der Waals surface area contributed by atoms with Crippen LogP contribution in [-0.2, 0) is 6.54 Å². The normalized spacial score (nSPS) is 26.2. The van der Waals surface area contributed by atoms with Gasteiger partial charge in [0.15, 0.2) is 0 Å². The number of hydrogen-bond donors (Lipinski definition) is 1. The van der Waals surface area contributed by atoms with Crippen LogP contribution in [0.2, 0.25) is 0 Å².